The number of hydrogen-bond acceptors (Lipinski definition) is 6. The summed E-state index contributed by atoms with van der Waals surface area (Å²) in [5, 5.41) is 10.8. The Bertz CT molecular complexity index is 939. The van der Waals surface area contributed by atoms with Gasteiger partial charge in [-0.05, 0) is 38.1 Å². The molecule has 6 nitrogen and oxygen atoms in total. The van der Waals surface area contributed by atoms with Gasteiger partial charge in [0, 0.05) is 17.7 Å². The first-order valence-electron chi connectivity index (χ1n) is 8.15. The number of nitrogens with zero attached hydrogens (tertiary/aromatic N) is 2. The highest BCUT2D eigenvalue weighted by Crippen LogP contribution is 2.37. The highest BCUT2D eigenvalue weighted by atomic mass is 32.2. The quantitative estimate of drug-likeness (QED) is 0.311. The Balaban J connectivity index is 1.90. The van der Waals surface area contributed by atoms with Gasteiger partial charge < -0.3 is 4.74 Å². The number of non-ortho nitro benzene ring substituents is 1. The summed E-state index contributed by atoms with van der Waals surface area (Å²) in [5.41, 5.74) is 1.24. The van der Waals surface area contributed by atoms with E-state index in [1.807, 2.05) is 38.1 Å². The van der Waals surface area contributed by atoms with Crippen molar-refractivity contribution in [2.24, 2.45) is 0 Å². The third kappa shape index (κ3) is 4.17. The summed E-state index contributed by atoms with van der Waals surface area (Å²) >= 11 is 6.53. The van der Waals surface area contributed by atoms with E-state index >= 15 is 0 Å². The molecule has 0 aromatic heterocycles. The van der Waals surface area contributed by atoms with Crippen LogP contribution in [0.1, 0.15) is 19.4 Å². The van der Waals surface area contributed by atoms with Crippen LogP contribution in [0.5, 0.6) is 5.75 Å². The van der Waals surface area contributed by atoms with Crippen LogP contribution in [-0.2, 0) is 4.79 Å². The zero-order valence-electron chi connectivity index (χ0n) is 14.6. The number of hydrogen-bond donors (Lipinski definition) is 0. The number of carbonyl (C=O) groups is 1. The lowest BCUT2D eigenvalue weighted by molar-refractivity contribution is -0.384. The van der Waals surface area contributed by atoms with E-state index in [4.69, 9.17) is 17.0 Å². The highest BCUT2D eigenvalue weighted by molar-refractivity contribution is 8.27. The van der Waals surface area contributed by atoms with Crippen LogP contribution in [-0.4, -0.2) is 21.3 Å². The van der Waals surface area contributed by atoms with Crippen molar-refractivity contribution in [2.45, 2.75) is 20.0 Å². The van der Waals surface area contributed by atoms with Crippen LogP contribution in [0.15, 0.2) is 53.4 Å². The molecule has 0 radical (unpaired) electrons. The minimum atomic E-state index is -0.486. The van der Waals surface area contributed by atoms with Crippen LogP contribution in [0.25, 0.3) is 6.08 Å². The predicted molar refractivity (Wildman–Crippen MR) is 111 cm³/mol. The molecule has 1 amide bonds. The van der Waals surface area contributed by atoms with Gasteiger partial charge in [0.25, 0.3) is 11.6 Å². The summed E-state index contributed by atoms with van der Waals surface area (Å²) in [6, 6.07) is 13.2. The maximum atomic E-state index is 12.8. The molecule has 138 valence electrons. The van der Waals surface area contributed by atoms with Gasteiger partial charge in [-0.1, -0.05) is 42.2 Å². The first-order valence-corrected chi connectivity index (χ1v) is 9.37. The van der Waals surface area contributed by atoms with Gasteiger partial charge in [-0.2, -0.15) is 0 Å². The molecule has 0 aliphatic carbocycles. The van der Waals surface area contributed by atoms with Crippen molar-refractivity contribution in [3.63, 3.8) is 0 Å². The first kappa shape index (κ1) is 19.1. The minimum absolute atomic E-state index is 0.00849. The van der Waals surface area contributed by atoms with Gasteiger partial charge in [0.05, 0.1) is 21.6 Å². The summed E-state index contributed by atoms with van der Waals surface area (Å²) in [7, 11) is 0. The number of thioether (sulfide) groups is 1. The van der Waals surface area contributed by atoms with Crippen molar-refractivity contribution >= 4 is 51.7 Å². The van der Waals surface area contributed by atoms with Gasteiger partial charge in [0.1, 0.15) is 5.75 Å². The summed E-state index contributed by atoms with van der Waals surface area (Å²) < 4.78 is 6.17. The van der Waals surface area contributed by atoms with Crippen molar-refractivity contribution in [3.05, 3.63) is 69.1 Å². The van der Waals surface area contributed by atoms with Crippen LogP contribution in [0.2, 0.25) is 0 Å². The molecule has 1 saturated heterocycles. The standard InChI is InChI=1S/C19H16N2O4S2/c1-12(2)25-16-6-4-3-5-13(16)11-17-18(22)20(19(26)27-17)14-7-9-15(10-8-14)21(23)24/h3-12H,1-2H3/b17-11+. The second kappa shape index (κ2) is 7.89. The first-order chi connectivity index (χ1) is 12.9. The molecule has 3 rings (SSSR count). The second-order valence-corrected chi connectivity index (χ2v) is 7.67. The SMILES string of the molecule is CC(C)Oc1ccccc1/C=C1/SC(=S)N(c2ccc([N+](=O)[O-])cc2)C1=O. The molecule has 0 atom stereocenters. The van der Waals surface area contributed by atoms with Crippen LogP contribution >= 0.6 is 24.0 Å². The van der Waals surface area contributed by atoms with Gasteiger partial charge in [-0.3, -0.25) is 19.8 Å². The summed E-state index contributed by atoms with van der Waals surface area (Å²) in [6.45, 7) is 3.87. The number of amides is 1. The molecule has 1 aliphatic heterocycles. The van der Waals surface area contributed by atoms with Crippen LogP contribution in [0, 0.1) is 10.1 Å². The average molecular weight is 400 g/mol. The van der Waals surface area contributed by atoms with Gasteiger partial charge in [-0.25, -0.2) is 0 Å². The van der Waals surface area contributed by atoms with Crippen molar-refractivity contribution in [3.8, 4) is 5.75 Å². The van der Waals surface area contributed by atoms with Crippen LogP contribution in [0.3, 0.4) is 0 Å². The Morgan fingerprint density at radius 1 is 1.19 bits per heavy atom. The molecule has 0 saturated carbocycles. The number of nitro benzene ring substituents is 1. The van der Waals surface area contributed by atoms with E-state index in [1.165, 1.54) is 40.9 Å². The molecule has 8 heteroatoms. The van der Waals surface area contributed by atoms with E-state index < -0.39 is 4.92 Å². The Labute approximate surface area is 166 Å². The fourth-order valence-corrected chi connectivity index (χ4v) is 3.81. The molecule has 0 spiro atoms. The molecule has 0 unspecified atom stereocenters. The van der Waals surface area contributed by atoms with Crippen LogP contribution < -0.4 is 9.64 Å². The largest absolute Gasteiger partial charge is 0.490 e. The van der Waals surface area contributed by atoms with E-state index in [-0.39, 0.29) is 17.7 Å². The number of carbonyl (C=O) groups excluding carboxylic acids is 1. The van der Waals surface area contributed by atoms with Crippen molar-refractivity contribution < 1.29 is 14.5 Å². The lowest BCUT2D eigenvalue weighted by Crippen LogP contribution is -2.27. The van der Waals surface area contributed by atoms with Crippen molar-refractivity contribution in [1.82, 2.24) is 0 Å². The van der Waals surface area contributed by atoms with E-state index in [0.29, 0.717) is 20.7 Å². The Morgan fingerprint density at radius 2 is 1.85 bits per heavy atom. The monoisotopic (exact) mass is 400 g/mol. The fourth-order valence-electron chi connectivity index (χ4n) is 2.52. The third-order valence-corrected chi connectivity index (χ3v) is 4.98. The maximum absolute atomic E-state index is 12.8. The van der Waals surface area contributed by atoms with Crippen molar-refractivity contribution in [2.75, 3.05) is 4.90 Å². The molecule has 2 aromatic rings. The van der Waals surface area contributed by atoms with Crippen LogP contribution in [0.4, 0.5) is 11.4 Å². The summed E-state index contributed by atoms with van der Waals surface area (Å²) in [6.07, 6.45) is 1.76. The molecule has 1 heterocycles. The van der Waals surface area contributed by atoms with Gasteiger partial charge in [0.2, 0.25) is 0 Å². The highest BCUT2D eigenvalue weighted by Gasteiger charge is 2.33. The molecular weight excluding hydrogens is 384 g/mol. The molecule has 27 heavy (non-hydrogen) atoms. The number of benzene rings is 2. The van der Waals surface area contributed by atoms with E-state index in [1.54, 1.807) is 6.08 Å². The zero-order chi connectivity index (χ0) is 19.6. The lowest BCUT2D eigenvalue weighted by Gasteiger charge is -2.14. The summed E-state index contributed by atoms with van der Waals surface area (Å²) in [5.74, 6) is 0.423. The smallest absolute Gasteiger partial charge is 0.270 e. The Kier molecular flexibility index (Phi) is 5.57. The Morgan fingerprint density at radius 3 is 2.48 bits per heavy atom. The average Bonchev–Trinajstić information content (AvgIpc) is 2.90. The van der Waals surface area contributed by atoms with Gasteiger partial charge in [0.15, 0.2) is 4.32 Å². The number of thiocarbonyl (C=S) groups is 1. The molecule has 1 aliphatic rings. The molecule has 0 N–H and O–H groups in total. The van der Waals surface area contributed by atoms with E-state index in [0.717, 1.165) is 5.56 Å². The van der Waals surface area contributed by atoms with E-state index in [9.17, 15) is 14.9 Å². The molecular formula is C19H16N2O4S2. The maximum Gasteiger partial charge on any atom is 0.270 e. The van der Waals surface area contributed by atoms with Gasteiger partial charge in [-0.15, -0.1) is 0 Å². The normalized spacial score (nSPS) is 15.7. The lowest BCUT2D eigenvalue weighted by atomic mass is 10.1. The topological polar surface area (TPSA) is 72.7 Å². The predicted octanol–water partition coefficient (Wildman–Crippen LogP) is 4.79. The fraction of sp³-hybridized carbons (Fsp3) is 0.158. The molecule has 1 fully saturated rings. The third-order valence-electron chi connectivity index (χ3n) is 3.68. The Hall–Kier alpha value is -2.71. The van der Waals surface area contributed by atoms with Gasteiger partial charge >= 0.3 is 0 Å². The number of rotatable bonds is 5. The number of para-hydroxylation sites is 1. The van der Waals surface area contributed by atoms with E-state index in [2.05, 4.69) is 0 Å². The van der Waals surface area contributed by atoms with Crippen molar-refractivity contribution in [1.29, 1.82) is 0 Å². The number of ether oxygens (including phenoxy) is 1. The molecule has 2 aromatic carbocycles. The second-order valence-electron chi connectivity index (χ2n) is 6.00. The minimum Gasteiger partial charge on any atom is -0.490 e. The number of anilines is 1. The zero-order valence-corrected chi connectivity index (χ0v) is 16.3. The summed E-state index contributed by atoms with van der Waals surface area (Å²) in [4.78, 5) is 25.0. The number of nitro groups is 1. The molecule has 0 bridgehead atoms.